The molecule has 2 aromatic carbocycles. The van der Waals surface area contributed by atoms with Crippen LogP contribution in [0.5, 0.6) is 5.75 Å². The number of hydrogen-bond acceptors (Lipinski definition) is 5. The van der Waals surface area contributed by atoms with Crippen LogP contribution in [-0.4, -0.2) is 41.7 Å². The number of hydrogen-bond donors (Lipinski definition) is 4. The number of nitrogens with one attached hydrogen (secondary N) is 1. The highest BCUT2D eigenvalue weighted by Gasteiger charge is 2.19. The molecule has 0 bridgehead atoms. The fourth-order valence-corrected chi connectivity index (χ4v) is 2.83. The fourth-order valence-electron chi connectivity index (χ4n) is 2.00. The van der Waals surface area contributed by atoms with Crippen LogP contribution in [0.2, 0.25) is 0 Å². The molecular weight excluding hydrogens is 318 g/mol. The van der Waals surface area contributed by atoms with Crippen LogP contribution < -0.4 is 5.32 Å². The zero-order valence-electron chi connectivity index (χ0n) is 10.8. The van der Waals surface area contributed by atoms with E-state index in [0.29, 0.717) is 5.39 Å². The largest absolute Gasteiger partial charge is 0.506 e. The second-order valence-electron chi connectivity index (χ2n) is 4.48. The molecule has 0 aliphatic rings. The molecule has 1 atom stereocenters. The summed E-state index contributed by atoms with van der Waals surface area (Å²) in [7, 11) is -4.46. The molecule has 2 aromatic rings. The number of alkyl halides is 1. The third-order valence-corrected chi connectivity index (χ3v) is 4.21. The molecule has 114 valence electrons. The van der Waals surface area contributed by atoms with Crippen molar-refractivity contribution in [3.63, 3.8) is 0 Å². The zero-order chi connectivity index (χ0) is 15.6. The van der Waals surface area contributed by atoms with Gasteiger partial charge in [-0.15, -0.1) is 11.6 Å². The predicted octanol–water partition coefficient (Wildman–Crippen LogP) is 1.80. The number of halogens is 1. The lowest BCUT2D eigenvalue weighted by Gasteiger charge is -2.15. The Morgan fingerprint density at radius 1 is 1.24 bits per heavy atom. The lowest BCUT2D eigenvalue weighted by molar-refractivity contribution is 0.211. The van der Waals surface area contributed by atoms with Crippen molar-refractivity contribution in [2.75, 3.05) is 17.7 Å². The van der Waals surface area contributed by atoms with Gasteiger partial charge in [0.15, 0.2) is 0 Å². The zero-order valence-corrected chi connectivity index (χ0v) is 12.4. The summed E-state index contributed by atoms with van der Waals surface area (Å²) in [6.07, 6.45) is -0.814. The minimum Gasteiger partial charge on any atom is -0.506 e. The Kier molecular flexibility index (Phi) is 4.58. The first-order valence-electron chi connectivity index (χ1n) is 6.04. The number of aliphatic hydroxyl groups is 1. The van der Waals surface area contributed by atoms with Crippen molar-refractivity contribution in [2.24, 2.45) is 0 Å². The Hall–Kier alpha value is -1.54. The molecule has 0 saturated heterocycles. The molecule has 4 N–H and O–H groups in total. The van der Waals surface area contributed by atoms with Crippen molar-refractivity contribution in [3.8, 4) is 5.75 Å². The van der Waals surface area contributed by atoms with Gasteiger partial charge in [-0.05, 0) is 0 Å². The molecule has 0 saturated carbocycles. The number of aromatic hydroxyl groups is 1. The highest BCUT2D eigenvalue weighted by Crippen LogP contribution is 2.37. The maximum absolute atomic E-state index is 11.4. The Bertz CT molecular complexity index is 762. The Balaban J connectivity index is 2.61. The topological polar surface area (TPSA) is 107 Å². The molecule has 0 radical (unpaired) electrons. The Morgan fingerprint density at radius 3 is 2.43 bits per heavy atom. The summed E-state index contributed by atoms with van der Waals surface area (Å²) in [5.74, 6) is -0.322. The van der Waals surface area contributed by atoms with Crippen LogP contribution in [0.25, 0.3) is 10.8 Å². The molecule has 8 heteroatoms. The maximum Gasteiger partial charge on any atom is 0.295 e. The van der Waals surface area contributed by atoms with E-state index in [1.165, 1.54) is 6.07 Å². The molecular formula is C13H14ClNO5S. The van der Waals surface area contributed by atoms with Crippen LogP contribution >= 0.6 is 11.6 Å². The number of phenolic OH excluding ortho intramolecular Hbond substituents is 1. The van der Waals surface area contributed by atoms with E-state index in [1.807, 2.05) is 0 Å². The maximum atomic E-state index is 11.4. The van der Waals surface area contributed by atoms with Crippen LogP contribution in [0.1, 0.15) is 0 Å². The number of phenols is 1. The van der Waals surface area contributed by atoms with Crippen molar-refractivity contribution < 1.29 is 23.2 Å². The van der Waals surface area contributed by atoms with Crippen LogP contribution in [0.3, 0.4) is 0 Å². The van der Waals surface area contributed by atoms with Gasteiger partial charge in [-0.25, -0.2) is 0 Å². The van der Waals surface area contributed by atoms with E-state index in [2.05, 4.69) is 5.32 Å². The first-order chi connectivity index (χ1) is 9.84. The average Bonchev–Trinajstić information content (AvgIpc) is 2.44. The van der Waals surface area contributed by atoms with Crippen molar-refractivity contribution in [2.45, 2.75) is 11.0 Å². The van der Waals surface area contributed by atoms with Crippen LogP contribution in [0, 0.1) is 0 Å². The summed E-state index contributed by atoms with van der Waals surface area (Å²) in [6.45, 7) is 0.0896. The van der Waals surface area contributed by atoms with Gasteiger partial charge in [-0.3, -0.25) is 4.55 Å². The third-order valence-electron chi connectivity index (χ3n) is 2.96. The van der Waals surface area contributed by atoms with E-state index < -0.39 is 16.2 Å². The Labute approximate surface area is 126 Å². The minimum absolute atomic E-state index is 0.0226. The van der Waals surface area contributed by atoms with Gasteiger partial charge in [0.05, 0.1) is 17.7 Å². The molecule has 0 fully saturated rings. The summed E-state index contributed by atoms with van der Waals surface area (Å²) in [5.41, 5.74) is 0.266. The van der Waals surface area contributed by atoms with E-state index in [0.717, 1.165) is 6.07 Å². The van der Waals surface area contributed by atoms with Gasteiger partial charge in [0.25, 0.3) is 10.1 Å². The minimum atomic E-state index is -4.46. The Morgan fingerprint density at radius 2 is 1.86 bits per heavy atom. The van der Waals surface area contributed by atoms with E-state index >= 15 is 0 Å². The van der Waals surface area contributed by atoms with Crippen molar-refractivity contribution in [3.05, 3.63) is 30.3 Å². The van der Waals surface area contributed by atoms with Gasteiger partial charge in [0.2, 0.25) is 0 Å². The van der Waals surface area contributed by atoms with Gasteiger partial charge in [-0.2, -0.15) is 8.42 Å². The summed E-state index contributed by atoms with van der Waals surface area (Å²) in [6, 6.07) is 7.36. The van der Waals surface area contributed by atoms with E-state index in [4.69, 9.17) is 11.6 Å². The highest BCUT2D eigenvalue weighted by molar-refractivity contribution is 7.86. The smallest absolute Gasteiger partial charge is 0.295 e. The quantitative estimate of drug-likeness (QED) is 0.378. The molecule has 6 nitrogen and oxygen atoms in total. The molecule has 1 unspecified atom stereocenters. The summed E-state index contributed by atoms with van der Waals surface area (Å²) in [5, 5.41) is 22.9. The molecule has 0 aromatic heterocycles. The van der Waals surface area contributed by atoms with E-state index in [-0.39, 0.29) is 34.1 Å². The summed E-state index contributed by atoms with van der Waals surface area (Å²) in [4.78, 5) is -0.376. The summed E-state index contributed by atoms with van der Waals surface area (Å²) < 4.78 is 32.0. The highest BCUT2D eigenvalue weighted by atomic mass is 35.5. The lowest BCUT2D eigenvalue weighted by atomic mass is 10.1. The normalized spacial score (nSPS) is 13.3. The molecule has 0 spiro atoms. The number of benzene rings is 2. The molecule has 21 heavy (non-hydrogen) atoms. The monoisotopic (exact) mass is 331 g/mol. The van der Waals surface area contributed by atoms with E-state index in [1.54, 1.807) is 18.2 Å². The second-order valence-corrected chi connectivity index (χ2v) is 6.18. The van der Waals surface area contributed by atoms with Crippen LogP contribution in [0.15, 0.2) is 35.2 Å². The van der Waals surface area contributed by atoms with Crippen LogP contribution in [0.4, 0.5) is 5.69 Å². The van der Waals surface area contributed by atoms with Crippen molar-refractivity contribution in [1.29, 1.82) is 0 Å². The first-order valence-corrected chi connectivity index (χ1v) is 8.02. The van der Waals surface area contributed by atoms with Crippen LogP contribution in [-0.2, 0) is 10.1 Å². The van der Waals surface area contributed by atoms with Crippen molar-refractivity contribution >= 4 is 38.2 Å². The van der Waals surface area contributed by atoms with Gasteiger partial charge >= 0.3 is 0 Å². The molecule has 2 rings (SSSR count). The second kappa shape index (κ2) is 6.07. The molecule has 0 aliphatic carbocycles. The summed E-state index contributed by atoms with van der Waals surface area (Å²) >= 11 is 5.50. The number of anilines is 1. The van der Waals surface area contributed by atoms with Gasteiger partial charge in [0, 0.05) is 23.4 Å². The third kappa shape index (κ3) is 3.38. The first kappa shape index (κ1) is 15.8. The number of aliphatic hydroxyl groups excluding tert-OH is 1. The van der Waals surface area contributed by atoms with Gasteiger partial charge < -0.3 is 15.5 Å². The van der Waals surface area contributed by atoms with Gasteiger partial charge in [0.1, 0.15) is 10.6 Å². The molecule has 0 amide bonds. The molecule has 0 heterocycles. The van der Waals surface area contributed by atoms with Gasteiger partial charge in [-0.1, -0.05) is 24.3 Å². The van der Waals surface area contributed by atoms with Crippen molar-refractivity contribution in [1.82, 2.24) is 0 Å². The predicted molar refractivity (Wildman–Crippen MR) is 80.6 cm³/mol. The average molecular weight is 332 g/mol. The fraction of sp³-hybridized carbons (Fsp3) is 0.231. The molecule has 0 aliphatic heterocycles. The van der Waals surface area contributed by atoms with E-state index in [9.17, 15) is 23.2 Å². The number of rotatable bonds is 5. The number of fused-ring (bicyclic) bond motifs is 1. The SMILES string of the molecule is O=S(=O)(O)c1cc(O)c(NCC(O)CCl)c2ccccc12. The lowest BCUT2D eigenvalue weighted by Crippen LogP contribution is -2.21. The standard InChI is InChI=1S/C13H14ClNO5S/c14-6-8(16)7-15-13-10-4-2-1-3-9(10)12(5-11(13)17)21(18,19)20/h1-5,8,15-17H,6-7H2,(H,18,19,20).